The molecule has 0 unspecified atom stereocenters. The van der Waals surface area contributed by atoms with E-state index in [1.165, 1.54) is 0 Å². The van der Waals surface area contributed by atoms with Gasteiger partial charge in [-0.15, -0.1) is 0 Å². The number of hydrogen-bond donors (Lipinski definition) is 1. The van der Waals surface area contributed by atoms with Crippen LogP contribution in [0.15, 0.2) is 60.7 Å². The van der Waals surface area contributed by atoms with E-state index in [4.69, 9.17) is 4.74 Å². The lowest BCUT2D eigenvalue weighted by molar-refractivity contribution is 0.0720. The molecule has 1 N–H and O–H groups in total. The van der Waals surface area contributed by atoms with Gasteiger partial charge in [-0.3, -0.25) is 0 Å². The van der Waals surface area contributed by atoms with Gasteiger partial charge in [-0.1, -0.05) is 81.4 Å². The fraction of sp³-hybridized carbons (Fsp3) is 0.429. The lowest BCUT2D eigenvalue weighted by atomic mass is 9.99. The summed E-state index contributed by atoms with van der Waals surface area (Å²) >= 11 is 0. The summed E-state index contributed by atoms with van der Waals surface area (Å²) in [5.41, 5.74) is 1.93. The second-order valence-electron chi connectivity index (χ2n) is 7.66. The number of hydrogen-bond acceptors (Lipinski definition) is 3. The maximum Gasteiger partial charge on any atom is 0.212 e. The Balaban J connectivity index is 2.01. The third kappa shape index (κ3) is 7.28. The molecule has 0 bridgehead atoms. The summed E-state index contributed by atoms with van der Waals surface area (Å²) in [6.45, 7) is 7.34. The van der Waals surface area contributed by atoms with Gasteiger partial charge in [-0.25, -0.2) is 13.1 Å². The lowest BCUT2D eigenvalue weighted by Crippen LogP contribution is -2.32. The molecule has 2 aromatic carbocycles. The van der Waals surface area contributed by atoms with Crippen LogP contribution in [0.5, 0.6) is 0 Å². The highest BCUT2D eigenvalue weighted by atomic mass is 32.2. The molecular weight excluding hydrogens is 346 g/mol. The molecule has 0 saturated carbocycles. The van der Waals surface area contributed by atoms with Gasteiger partial charge in [0.15, 0.2) is 0 Å². The summed E-state index contributed by atoms with van der Waals surface area (Å²) in [5.74, 6) is 0.0489. The van der Waals surface area contributed by atoms with Gasteiger partial charge in [0.2, 0.25) is 10.0 Å². The van der Waals surface area contributed by atoms with Crippen molar-refractivity contribution >= 4 is 10.0 Å². The second-order valence-corrected chi connectivity index (χ2v) is 9.53. The normalized spacial score (nSPS) is 12.5. The first kappa shape index (κ1) is 20.6. The number of sulfonamides is 1. The molecular formula is C21H29NO3S. The largest absolute Gasteiger partial charge is 0.381 e. The Hall–Kier alpha value is -1.69. The van der Waals surface area contributed by atoms with Crippen LogP contribution in [-0.4, -0.2) is 27.4 Å². The van der Waals surface area contributed by atoms with Crippen LogP contribution in [0.3, 0.4) is 0 Å². The number of nitrogens with one attached hydrogen (secondary N) is 1. The van der Waals surface area contributed by atoms with Crippen LogP contribution < -0.4 is 4.72 Å². The molecule has 0 heterocycles. The first-order chi connectivity index (χ1) is 12.3. The van der Waals surface area contributed by atoms with Crippen molar-refractivity contribution in [3.63, 3.8) is 0 Å². The average molecular weight is 376 g/mol. The monoisotopic (exact) mass is 375 g/mol. The third-order valence-corrected chi connectivity index (χ3v) is 5.22. The molecule has 2 aromatic rings. The minimum atomic E-state index is -3.42. The quantitative estimate of drug-likeness (QED) is 0.670. The maximum atomic E-state index is 12.6. The van der Waals surface area contributed by atoms with E-state index >= 15 is 0 Å². The van der Waals surface area contributed by atoms with E-state index in [0.29, 0.717) is 19.6 Å². The van der Waals surface area contributed by atoms with E-state index in [2.05, 4.69) is 25.5 Å². The summed E-state index contributed by atoms with van der Waals surface area (Å²) < 4.78 is 33.6. The minimum absolute atomic E-state index is 0.0489. The van der Waals surface area contributed by atoms with Gasteiger partial charge < -0.3 is 4.74 Å². The van der Waals surface area contributed by atoms with Crippen molar-refractivity contribution in [3.8, 4) is 0 Å². The SMILES string of the molecule is CC(C)(C)COCCCS(=O)(=O)NC(c1ccccc1)c1ccccc1. The van der Waals surface area contributed by atoms with E-state index in [9.17, 15) is 8.42 Å². The summed E-state index contributed by atoms with van der Waals surface area (Å²) in [5, 5.41) is 0. The fourth-order valence-electron chi connectivity index (χ4n) is 2.59. The molecule has 0 aliphatic rings. The zero-order chi connectivity index (χ0) is 19.0. The highest BCUT2D eigenvalue weighted by molar-refractivity contribution is 7.89. The van der Waals surface area contributed by atoms with Crippen molar-refractivity contribution in [3.05, 3.63) is 71.8 Å². The van der Waals surface area contributed by atoms with Crippen LogP contribution >= 0.6 is 0 Å². The number of rotatable bonds is 9. The smallest absolute Gasteiger partial charge is 0.212 e. The third-order valence-electron chi connectivity index (χ3n) is 3.80. The molecule has 0 aliphatic heterocycles. The second kappa shape index (κ2) is 9.31. The molecule has 0 amide bonds. The molecule has 5 heteroatoms. The van der Waals surface area contributed by atoms with Gasteiger partial charge in [0.25, 0.3) is 0 Å². The molecule has 0 spiro atoms. The number of benzene rings is 2. The van der Waals surface area contributed by atoms with Gasteiger partial charge in [0.1, 0.15) is 0 Å². The Kier molecular flexibility index (Phi) is 7.38. The summed E-state index contributed by atoms with van der Waals surface area (Å²) in [4.78, 5) is 0. The molecule has 0 aromatic heterocycles. The zero-order valence-electron chi connectivity index (χ0n) is 15.8. The molecule has 0 aliphatic carbocycles. The lowest BCUT2D eigenvalue weighted by Gasteiger charge is -2.20. The Bertz CT molecular complexity index is 713. The van der Waals surface area contributed by atoms with Crippen molar-refractivity contribution in [2.24, 2.45) is 5.41 Å². The van der Waals surface area contributed by atoms with E-state index in [1.54, 1.807) is 0 Å². The molecule has 0 fully saturated rings. The molecule has 2 rings (SSSR count). The van der Waals surface area contributed by atoms with E-state index in [-0.39, 0.29) is 11.2 Å². The Morgan fingerprint density at radius 3 is 1.88 bits per heavy atom. The molecule has 0 atom stereocenters. The van der Waals surface area contributed by atoms with Gasteiger partial charge in [0.05, 0.1) is 18.4 Å². The summed E-state index contributed by atoms with van der Waals surface area (Å²) in [7, 11) is -3.42. The van der Waals surface area contributed by atoms with Crippen molar-refractivity contribution in [2.75, 3.05) is 19.0 Å². The highest BCUT2D eigenvalue weighted by Crippen LogP contribution is 2.22. The summed E-state index contributed by atoms with van der Waals surface area (Å²) in [6, 6.07) is 18.9. The molecule has 4 nitrogen and oxygen atoms in total. The van der Waals surface area contributed by atoms with Crippen LogP contribution in [0.1, 0.15) is 44.4 Å². The Morgan fingerprint density at radius 1 is 0.923 bits per heavy atom. The maximum absolute atomic E-state index is 12.6. The molecule has 0 saturated heterocycles. The Morgan fingerprint density at radius 2 is 1.42 bits per heavy atom. The van der Waals surface area contributed by atoms with E-state index < -0.39 is 16.1 Å². The number of ether oxygens (including phenoxy) is 1. The minimum Gasteiger partial charge on any atom is -0.381 e. The predicted molar refractivity (Wildman–Crippen MR) is 107 cm³/mol. The van der Waals surface area contributed by atoms with Crippen LogP contribution in [0, 0.1) is 5.41 Å². The molecule has 26 heavy (non-hydrogen) atoms. The van der Waals surface area contributed by atoms with Gasteiger partial charge >= 0.3 is 0 Å². The first-order valence-corrected chi connectivity index (χ1v) is 10.6. The van der Waals surface area contributed by atoms with Crippen molar-refractivity contribution < 1.29 is 13.2 Å². The molecule has 0 radical (unpaired) electrons. The standard InChI is InChI=1S/C21H29NO3S/c1-21(2,3)17-25-15-10-16-26(23,24)22-20(18-11-6-4-7-12-18)19-13-8-5-9-14-19/h4-9,11-14,20,22H,10,15-17H2,1-3H3. The van der Waals surface area contributed by atoms with Crippen LogP contribution in [0.25, 0.3) is 0 Å². The Labute approximate surface area is 157 Å². The zero-order valence-corrected chi connectivity index (χ0v) is 16.6. The van der Waals surface area contributed by atoms with Gasteiger partial charge in [0, 0.05) is 6.61 Å². The van der Waals surface area contributed by atoms with Crippen molar-refractivity contribution in [1.82, 2.24) is 4.72 Å². The first-order valence-electron chi connectivity index (χ1n) is 8.94. The van der Waals surface area contributed by atoms with Crippen LogP contribution in [0.2, 0.25) is 0 Å². The van der Waals surface area contributed by atoms with Crippen LogP contribution in [-0.2, 0) is 14.8 Å². The molecule has 142 valence electrons. The van der Waals surface area contributed by atoms with Crippen molar-refractivity contribution in [2.45, 2.75) is 33.2 Å². The van der Waals surface area contributed by atoms with E-state index in [1.807, 2.05) is 60.7 Å². The topological polar surface area (TPSA) is 55.4 Å². The highest BCUT2D eigenvalue weighted by Gasteiger charge is 2.21. The summed E-state index contributed by atoms with van der Waals surface area (Å²) in [6.07, 6.45) is 0.474. The average Bonchev–Trinajstić information content (AvgIpc) is 2.60. The van der Waals surface area contributed by atoms with Gasteiger partial charge in [-0.05, 0) is 23.0 Å². The van der Waals surface area contributed by atoms with E-state index in [0.717, 1.165) is 11.1 Å². The predicted octanol–water partition coefficient (Wildman–Crippen LogP) is 4.15. The van der Waals surface area contributed by atoms with Gasteiger partial charge in [-0.2, -0.15) is 0 Å². The fourth-order valence-corrected chi connectivity index (χ4v) is 3.83. The van der Waals surface area contributed by atoms with Crippen molar-refractivity contribution in [1.29, 1.82) is 0 Å². The van der Waals surface area contributed by atoms with Crippen LogP contribution in [0.4, 0.5) is 0 Å².